The summed E-state index contributed by atoms with van der Waals surface area (Å²) >= 11 is 1.77. The van der Waals surface area contributed by atoms with Gasteiger partial charge in [0.2, 0.25) is 0 Å². The molecule has 3 heteroatoms. The smallest absolute Gasteiger partial charge is 0.0448 e. The van der Waals surface area contributed by atoms with Gasteiger partial charge < -0.3 is 10.4 Å². The van der Waals surface area contributed by atoms with Crippen molar-refractivity contribution in [3.63, 3.8) is 0 Å². The van der Waals surface area contributed by atoms with Crippen molar-refractivity contribution in [1.29, 1.82) is 0 Å². The molecule has 0 heterocycles. The van der Waals surface area contributed by atoms with Crippen LogP contribution in [0.4, 0.5) is 0 Å². The van der Waals surface area contributed by atoms with Gasteiger partial charge in [0, 0.05) is 17.0 Å². The first-order valence-corrected chi connectivity index (χ1v) is 7.29. The highest BCUT2D eigenvalue weighted by Crippen LogP contribution is 2.15. The van der Waals surface area contributed by atoms with Gasteiger partial charge in [-0.05, 0) is 57.2 Å². The number of benzene rings is 1. The predicted octanol–water partition coefficient (Wildman–Crippen LogP) is 2.70. The van der Waals surface area contributed by atoms with Crippen LogP contribution in [-0.4, -0.2) is 30.1 Å². The summed E-state index contributed by atoms with van der Waals surface area (Å²) < 4.78 is 0. The molecule has 0 aliphatic carbocycles. The Labute approximate surface area is 109 Å². The van der Waals surface area contributed by atoms with Crippen LogP contribution in [0.5, 0.6) is 0 Å². The molecule has 1 rings (SSSR count). The van der Waals surface area contributed by atoms with Gasteiger partial charge in [0.1, 0.15) is 0 Å². The average Bonchev–Trinajstić information content (AvgIpc) is 2.29. The Morgan fingerprint density at radius 3 is 2.41 bits per heavy atom. The number of hydrogen-bond acceptors (Lipinski definition) is 3. The molecule has 0 amide bonds. The molecule has 17 heavy (non-hydrogen) atoms. The number of thioether (sulfide) groups is 1. The third-order valence-electron chi connectivity index (χ3n) is 2.91. The summed E-state index contributed by atoms with van der Waals surface area (Å²) in [6.45, 7) is 5.44. The van der Waals surface area contributed by atoms with E-state index in [2.05, 4.69) is 49.7 Å². The molecule has 0 bridgehead atoms. The first-order chi connectivity index (χ1) is 8.07. The highest BCUT2D eigenvalue weighted by atomic mass is 32.2. The van der Waals surface area contributed by atoms with Crippen LogP contribution in [0, 0.1) is 0 Å². The largest absolute Gasteiger partial charge is 0.396 e. The molecule has 0 saturated heterocycles. The first kappa shape index (κ1) is 14.6. The van der Waals surface area contributed by atoms with E-state index in [-0.39, 0.29) is 12.1 Å². The van der Waals surface area contributed by atoms with E-state index in [1.54, 1.807) is 11.8 Å². The van der Waals surface area contributed by atoms with Crippen molar-refractivity contribution < 1.29 is 5.11 Å². The molecule has 0 aliphatic rings. The molecule has 0 spiro atoms. The fraction of sp³-hybridized carbons (Fsp3) is 0.571. The Morgan fingerprint density at radius 2 is 1.88 bits per heavy atom. The lowest BCUT2D eigenvalue weighted by Gasteiger charge is -2.25. The van der Waals surface area contributed by atoms with Gasteiger partial charge in [0.25, 0.3) is 0 Å². The van der Waals surface area contributed by atoms with E-state index in [1.807, 2.05) is 0 Å². The quantitative estimate of drug-likeness (QED) is 0.733. The first-order valence-electron chi connectivity index (χ1n) is 6.06. The number of hydrogen-bond donors (Lipinski definition) is 2. The highest BCUT2D eigenvalue weighted by molar-refractivity contribution is 7.98. The van der Waals surface area contributed by atoms with E-state index >= 15 is 0 Å². The fourth-order valence-corrected chi connectivity index (χ4v) is 2.11. The molecule has 2 N–H and O–H groups in total. The zero-order chi connectivity index (χ0) is 12.7. The summed E-state index contributed by atoms with van der Waals surface area (Å²) in [5.41, 5.74) is 1.38. The summed E-state index contributed by atoms with van der Waals surface area (Å²) in [4.78, 5) is 1.31. The summed E-state index contributed by atoms with van der Waals surface area (Å²) in [6.07, 6.45) is 3.91. The van der Waals surface area contributed by atoms with Gasteiger partial charge in [-0.3, -0.25) is 0 Å². The van der Waals surface area contributed by atoms with Crippen molar-refractivity contribution in [3.8, 4) is 0 Å². The maximum Gasteiger partial charge on any atom is 0.0448 e. The topological polar surface area (TPSA) is 32.3 Å². The van der Waals surface area contributed by atoms with Crippen LogP contribution in [0.1, 0.15) is 25.8 Å². The van der Waals surface area contributed by atoms with Crippen LogP contribution in [-0.2, 0) is 6.42 Å². The van der Waals surface area contributed by atoms with Gasteiger partial charge in [-0.2, -0.15) is 0 Å². The van der Waals surface area contributed by atoms with Gasteiger partial charge in [-0.1, -0.05) is 12.1 Å². The number of rotatable bonds is 7. The molecule has 1 aromatic carbocycles. The van der Waals surface area contributed by atoms with Crippen LogP contribution in [0.25, 0.3) is 0 Å². The molecule has 0 atom stereocenters. The minimum absolute atomic E-state index is 0.0218. The van der Waals surface area contributed by atoms with E-state index in [0.717, 1.165) is 19.4 Å². The minimum Gasteiger partial charge on any atom is -0.396 e. The van der Waals surface area contributed by atoms with Crippen molar-refractivity contribution in [2.24, 2.45) is 0 Å². The Hall–Kier alpha value is -0.510. The zero-order valence-electron chi connectivity index (χ0n) is 11.0. The number of nitrogens with one attached hydrogen (secondary N) is 1. The lowest BCUT2D eigenvalue weighted by molar-refractivity contribution is 0.231. The molecule has 0 fully saturated rings. The molecule has 0 aromatic heterocycles. The summed E-state index contributed by atoms with van der Waals surface area (Å²) in [5, 5.41) is 12.4. The second-order valence-electron chi connectivity index (χ2n) is 4.88. The number of aliphatic hydroxyl groups excluding tert-OH is 1. The van der Waals surface area contributed by atoms with E-state index in [0.29, 0.717) is 0 Å². The van der Waals surface area contributed by atoms with E-state index in [9.17, 15) is 0 Å². The SMILES string of the molecule is CSc1ccc(CCNC(C)(C)CCO)cc1. The van der Waals surface area contributed by atoms with Gasteiger partial charge in [0.05, 0.1) is 0 Å². The van der Waals surface area contributed by atoms with E-state index < -0.39 is 0 Å². The molecule has 2 nitrogen and oxygen atoms in total. The maximum absolute atomic E-state index is 8.93. The van der Waals surface area contributed by atoms with E-state index in [4.69, 9.17) is 5.11 Å². The second-order valence-corrected chi connectivity index (χ2v) is 5.76. The molecule has 0 radical (unpaired) electrons. The molecule has 0 unspecified atom stereocenters. The van der Waals surface area contributed by atoms with Crippen LogP contribution < -0.4 is 5.32 Å². The minimum atomic E-state index is 0.0218. The van der Waals surface area contributed by atoms with Gasteiger partial charge in [-0.15, -0.1) is 11.8 Å². The van der Waals surface area contributed by atoms with Crippen molar-refractivity contribution in [2.75, 3.05) is 19.4 Å². The van der Waals surface area contributed by atoms with Crippen molar-refractivity contribution in [2.45, 2.75) is 37.1 Å². The molecule has 0 aliphatic heterocycles. The highest BCUT2D eigenvalue weighted by Gasteiger charge is 2.14. The lowest BCUT2D eigenvalue weighted by Crippen LogP contribution is -2.41. The molecular weight excluding hydrogens is 230 g/mol. The molecular formula is C14H23NOS. The summed E-state index contributed by atoms with van der Waals surface area (Å²) in [5.74, 6) is 0. The predicted molar refractivity (Wildman–Crippen MR) is 75.7 cm³/mol. The monoisotopic (exact) mass is 253 g/mol. The van der Waals surface area contributed by atoms with Crippen molar-refractivity contribution in [1.82, 2.24) is 5.32 Å². The standard InChI is InChI=1S/C14H23NOS/c1-14(2,9-11-16)15-10-8-12-4-6-13(17-3)7-5-12/h4-7,15-16H,8-11H2,1-3H3. The molecule has 1 aromatic rings. The maximum atomic E-state index is 8.93. The molecule has 96 valence electrons. The van der Waals surface area contributed by atoms with Crippen LogP contribution in [0.15, 0.2) is 29.2 Å². The third-order valence-corrected chi connectivity index (χ3v) is 3.66. The van der Waals surface area contributed by atoms with Crippen molar-refractivity contribution in [3.05, 3.63) is 29.8 Å². The average molecular weight is 253 g/mol. The zero-order valence-corrected chi connectivity index (χ0v) is 11.8. The normalized spacial score (nSPS) is 11.8. The van der Waals surface area contributed by atoms with Gasteiger partial charge >= 0.3 is 0 Å². The lowest BCUT2D eigenvalue weighted by atomic mass is 10.0. The Kier molecular flexibility index (Phi) is 6.03. The van der Waals surface area contributed by atoms with Gasteiger partial charge in [0.15, 0.2) is 0 Å². The van der Waals surface area contributed by atoms with Crippen LogP contribution >= 0.6 is 11.8 Å². The Bertz CT molecular complexity index is 321. The van der Waals surface area contributed by atoms with Crippen molar-refractivity contribution >= 4 is 11.8 Å². The number of aliphatic hydroxyl groups is 1. The van der Waals surface area contributed by atoms with Gasteiger partial charge in [-0.25, -0.2) is 0 Å². The second kappa shape index (κ2) is 7.04. The summed E-state index contributed by atoms with van der Waals surface area (Å²) in [6, 6.07) is 8.71. The van der Waals surface area contributed by atoms with E-state index in [1.165, 1.54) is 10.5 Å². The van der Waals surface area contributed by atoms with Crippen LogP contribution in [0.2, 0.25) is 0 Å². The fourth-order valence-electron chi connectivity index (χ4n) is 1.71. The molecule has 0 saturated carbocycles. The Balaban J connectivity index is 2.35. The summed E-state index contributed by atoms with van der Waals surface area (Å²) in [7, 11) is 0. The Morgan fingerprint density at radius 1 is 1.24 bits per heavy atom. The third kappa shape index (κ3) is 5.57. The van der Waals surface area contributed by atoms with Crippen LogP contribution in [0.3, 0.4) is 0 Å².